The van der Waals surface area contributed by atoms with E-state index < -0.39 is 0 Å². The predicted molar refractivity (Wildman–Crippen MR) is 133 cm³/mol. The van der Waals surface area contributed by atoms with Crippen LogP contribution < -0.4 is 15.7 Å². The predicted octanol–water partition coefficient (Wildman–Crippen LogP) is 5.39. The lowest BCUT2D eigenvalue weighted by Gasteiger charge is -2.09. The van der Waals surface area contributed by atoms with Gasteiger partial charge in [-0.05, 0) is 54.8 Å². The Balaban J connectivity index is 1.61. The molecule has 0 atom stereocenters. The van der Waals surface area contributed by atoms with Crippen LogP contribution in [0.3, 0.4) is 0 Å². The summed E-state index contributed by atoms with van der Waals surface area (Å²) in [4.78, 5) is 20.7. The third kappa shape index (κ3) is 4.20. The summed E-state index contributed by atoms with van der Waals surface area (Å²) in [6.45, 7) is 5.43. The van der Waals surface area contributed by atoms with Crippen LogP contribution in [0.1, 0.15) is 24.5 Å². The maximum absolute atomic E-state index is 13.0. The molecule has 0 saturated heterocycles. The molecule has 2 N–H and O–H groups in total. The number of nitrogens with zero attached hydrogens (tertiary/aromatic N) is 2. The largest absolute Gasteiger partial charge is 0.489 e. The molecule has 0 spiro atoms. The molecule has 0 fully saturated rings. The van der Waals surface area contributed by atoms with Gasteiger partial charge in [0.15, 0.2) is 0 Å². The highest BCUT2D eigenvalue weighted by Gasteiger charge is 2.16. The van der Waals surface area contributed by atoms with Crippen LogP contribution in [0, 0.1) is 6.92 Å². The van der Waals surface area contributed by atoms with Crippen molar-refractivity contribution in [2.75, 3.05) is 12.0 Å². The van der Waals surface area contributed by atoms with Gasteiger partial charge in [0, 0.05) is 23.7 Å². The van der Waals surface area contributed by atoms with Gasteiger partial charge in [-0.2, -0.15) is 0 Å². The average Bonchev–Trinajstić information content (AvgIpc) is 3.19. The van der Waals surface area contributed by atoms with E-state index in [1.165, 1.54) is 0 Å². The van der Waals surface area contributed by atoms with Crippen molar-refractivity contribution in [1.82, 2.24) is 14.6 Å². The zero-order valence-corrected chi connectivity index (χ0v) is 18.8. The fourth-order valence-electron chi connectivity index (χ4n) is 3.97. The first-order valence-electron chi connectivity index (χ1n) is 11.2. The number of fused-ring (bicyclic) bond motifs is 2. The average molecular weight is 439 g/mol. The van der Waals surface area contributed by atoms with Crippen LogP contribution >= 0.6 is 0 Å². The second kappa shape index (κ2) is 8.82. The summed E-state index contributed by atoms with van der Waals surface area (Å²) < 4.78 is 8.03. The Labute approximate surface area is 191 Å². The second-order valence-electron chi connectivity index (χ2n) is 8.21. The van der Waals surface area contributed by atoms with Gasteiger partial charge in [-0.15, -0.1) is 0 Å². The molecule has 0 radical (unpaired) electrons. The summed E-state index contributed by atoms with van der Waals surface area (Å²) in [7, 11) is 0. The smallest absolute Gasteiger partial charge is 0.275 e. The number of hydrogen-bond acceptors (Lipinski definition) is 4. The van der Waals surface area contributed by atoms with Crippen LogP contribution in [0.2, 0.25) is 0 Å². The minimum absolute atomic E-state index is 0.212. The molecule has 33 heavy (non-hydrogen) atoms. The van der Waals surface area contributed by atoms with E-state index in [2.05, 4.69) is 17.3 Å². The Hall–Kier alpha value is -4.06. The van der Waals surface area contributed by atoms with Crippen LogP contribution in [0.4, 0.5) is 0 Å². The van der Waals surface area contributed by atoms with E-state index in [1.807, 2.05) is 84.5 Å². The first-order valence-corrected chi connectivity index (χ1v) is 11.2. The summed E-state index contributed by atoms with van der Waals surface area (Å²) in [5.41, 5.74) is 9.02. The van der Waals surface area contributed by atoms with Crippen molar-refractivity contribution in [2.24, 2.45) is 0 Å². The standard InChI is InChI=1S/C27H26N4O2/c1-3-13-28-31-16-22(26-27(32)30-23-11-9-18(2)14-24(23)29-26)21-15-20(10-12-25(21)31)33-17-19-7-5-4-6-8-19/h4-12,14-16,28H,3,13,17H2,1-2H3,(H,30,32). The quantitative estimate of drug-likeness (QED) is 0.358. The van der Waals surface area contributed by atoms with Gasteiger partial charge >= 0.3 is 0 Å². The third-order valence-electron chi connectivity index (χ3n) is 5.66. The van der Waals surface area contributed by atoms with Gasteiger partial charge in [0.2, 0.25) is 0 Å². The molecule has 0 unspecified atom stereocenters. The SMILES string of the molecule is CCCNn1cc(-c2nc3cc(C)ccc3[nH]c2=O)c2cc(OCc3ccccc3)ccc21. The highest BCUT2D eigenvalue weighted by molar-refractivity contribution is 5.97. The number of aryl methyl sites for hydroxylation is 1. The van der Waals surface area contributed by atoms with Crippen LogP contribution in [0.5, 0.6) is 5.75 Å². The van der Waals surface area contributed by atoms with Crippen LogP contribution in [-0.2, 0) is 6.61 Å². The minimum Gasteiger partial charge on any atom is -0.489 e. The second-order valence-corrected chi connectivity index (χ2v) is 8.21. The van der Waals surface area contributed by atoms with Crippen LogP contribution in [0.25, 0.3) is 33.2 Å². The minimum atomic E-state index is -0.212. The first-order chi connectivity index (χ1) is 16.1. The molecule has 0 saturated carbocycles. The lowest BCUT2D eigenvalue weighted by Crippen LogP contribution is -2.14. The summed E-state index contributed by atoms with van der Waals surface area (Å²) >= 11 is 0. The van der Waals surface area contributed by atoms with Gasteiger partial charge in [-0.25, -0.2) is 4.98 Å². The van der Waals surface area contributed by atoms with Crippen molar-refractivity contribution >= 4 is 21.9 Å². The molecule has 5 rings (SSSR count). The summed E-state index contributed by atoms with van der Waals surface area (Å²) in [5, 5.41) is 0.911. The van der Waals surface area contributed by atoms with E-state index in [9.17, 15) is 4.79 Å². The van der Waals surface area contributed by atoms with Crippen molar-refractivity contribution in [3.63, 3.8) is 0 Å². The number of rotatable bonds is 7. The molecular formula is C27H26N4O2. The van der Waals surface area contributed by atoms with E-state index in [1.54, 1.807) is 0 Å². The Kier molecular flexibility index (Phi) is 5.57. The number of nitrogens with one attached hydrogen (secondary N) is 2. The van der Waals surface area contributed by atoms with E-state index >= 15 is 0 Å². The van der Waals surface area contributed by atoms with Gasteiger partial charge in [0.1, 0.15) is 18.1 Å². The Morgan fingerprint density at radius 2 is 1.91 bits per heavy atom. The molecule has 166 valence electrons. The fourth-order valence-corrected chi connectivity index (χ4v) is 3.97. The maximum atomic E-state index is 13.0. The molecule has 0 amide bonds. The Morgan fingerprint density at radius 3 is 2.73 bits per heavy atom. The highest BCUT2D eigenvalue weighted by atomic mass is 16.5. The molecule has 6 nitrogen and oxygen atoms in total. The number of aromatic nitrogens is 3. The molecular weight excluding hydrogens is 412 g/mol. The topological polar surface area (TPSA) is 71.9 Å². The molecule has 2 heterocycles. The van der Waals surface area contributed by atoms with Crippen LogP contribution in [-0.4, -0.2) is 21.2 Å². The maximum Gasteiger partial charge on any atom is 0.275 e. The molecule has 0 aliphatic heterocycles. The summed E-state index contributed by atoms with van der Waals surface area (Å²) in [5.74, 6) is 0.744. The molecule has 3 aromatic carbocycles. The monoisotopic (exact) mass is 438 g/mol. The molecule has 5 aromatic rings. The van der Waals surface area contributed by atoms with Gasteiger partial charge in [0.05, 0.1) is 16.6 Å². The Morgan fingerprint density at radius 1 is 1.06 bits per heavy atom. The first kappa shape index (κ1) is 20.8. The van der Waals surface area contributed by atoms with E-state index in [-0.39, 0.29) is 5.56 Å². The van der Waals surface area contributed by atoms with Crippen molar-refractivity contribution in [3.05, 3.63) is 94.4 Å². The number of hydrogen-bond donors (Lipinski definition) is 2. The molecule has 0 aliphatic rings. The number of benzene rings is 3. The van der Waals surface area contributed by atoms with Gasteiger partial charge in [-0.3, -0.25) is 9.47 Å². The van der Waals surface area contributed by atoms with Gasteiger partial charge < -0.3 is 15.1 Å². The summed E-state index contributed by atoms with van der Waals surface area (Å²) in [6, 6.07) is 21.9. The lowest BCUT2D eigenvalue weighted by molar-refractivity contribution is 0.306. The lowest BCUT2D eigenvalue weighted by atomic mass is 10.1. The number of aromatic amines is 1. The van der Waals surface area contributed by atoms with Gasteiger partial charge in [0.25, 0.3) is 5.56 Å². The molecule has 0 aliphatic carbocycles. The number of H-pyrrole nitrogens is 1. The van der Waals surface area contributed by atoms with Crippen LogP contribution in [0.15, 0.2) is 77.7 Å². The fraction of sp³-hybridized carbons (Fsp3) is 0.185. The normalized spacial score (nSPS) is 11.2. The third-order valence-corrected chi connectivity index (χ3v) is 5.66. The molecule has 2 aromatic heterocycles. The van der Waals surface area contributed by atoms with E-state index in [0.717, 1.165) is 57.3 Å². The molecule has 0 bridgehead atoms. The van der Waals surface area contributed by atoms with Gasteiger partial charge in [-0.1, -0.05) is 43.3 Å². The van der Waals surface area contributed by atoms with Crippen molar-refractivity contribution < 1.29 is 4.74 Å². The highest BCUT2D eigenvalue weighted by Crippen LogP contribution is 2.31. The molecule has 6 heteroatoms. The van der Waals surface area contributed by atoms with E-state index in [4.69, 9.17) is 9.72 Å². The number of ether oxygens (including phenoxy) is 1. The zero-order valence-electron chi connectivity index (χ0n) is 18.8. The Bertz CT molecular complexity index is 1490. The van der Waals surface area contributed by atoms with Crippen molar-refractivity contribution in [3.8, 4) is 17.0 Å². The van der Waals surface area contributed by atoms with E-state index in [0.29, 0.717) is 12.3 Å². The summed E-state index contributed by atoms with van der Waals surface area (Å²) in [6.07, 6.45) is 2.93. The van der Waals surface area contributed by atoms with Crippen molar-refractivity contribution in [2.45, 2.75) is 26.9 Å². The zero-order chi connectivity index (χ0) is 22.8. The van der Waals surface area contributed by atoms with Crippen molar-refractivity contribution in [1.29, 1.82) is 0 Å².